The third-order valence-electron chi connectivity index (χ3n) is 5.82. The first-order chi connectivity index (χ1) is 18.1. The number of anilines is 1. The van der Waals surface area contributed by atoms with Crippen LogP contribution in [-0.2, 0) is 19.7 Å². The fraction of sp³-hybridized carbons (Fsp3) is 0.100. The van der Waals surface area contributed by atoms with Gasteiger partial charge in [0.15, 0.2) is 5.82 Å². The Hall–Kier alpha value is -3.49. The third-order valence-corrected chi connectivity index (χ3v) is 6.68. The molecule has 6 nitrogen and oxygen atoms in total. The molecule has 0 saturated heterocycles. The molecular formula is C30H24N3NaO3S. The van der Waals surface area contributed by atoms with Crippen LogP contribution in [0.3, 0.4) is 0 Å². The van der Waals surface area contributed by atoms with E-state index in [2.05, 4.69) is 21.3 Å². The summed E-state index contributed by atoms with van der Waals surface area (Å²) in [4.78, 5) is 23.8. The van der Waals surface area contributed by atoms with E-state index in [4.69, 9.17) is 9.72 Å². The van der Waals surface area contributed by atoms with Gasteiger partial charge in [-0.1, -0.05) is 60.7 Å². The maximum Gasteiger partial charge on any atom is 1.00 e. The van der Waals surface area contributed by atoms with Crippen molar-refractivity contribution in [1.29, 1.82) is 0 Å². The summed E-state index contributed by atoms with van der Waals surface area (Å²) in [6.45, 7) is 1.74. The van der Waals surface area contributed by atoms with Gasteiger partial charge in [0, 0.05) is 23.2 Å². The number of rotatable bonds is 10. The zero-order valence-electron chi connectivity index (χ0n) is 21.0. The van der Waals surface area contributed by atoms with Gasteiger partial charge in [-0.2, -0.15) is 0 Å². The van der Waals surface area contributed by atoms with Crippen molar-refractivity contribution in [2.75, 3.05) is 4.90 Å². The van der Waals surface area contributed by atoms with Crippen LogP contribution < -0.4 is 44.3 Å². The summed E-state index contributed by atoms with van der Waals surface area (Å²) in [5.74, 6) is 1.00. The van der Waals surface area contributed by atoms with Gasteiger partial charge >= 0.3 is 29.6 Å². The SMILES string of the molecule is O=C([O-])c1ccc(CN(Cc2cccs2)c2ccnc(-c3ccc(OCc4ccccc4)cc3)n2)cc1.[Na+]. The second-order valence-corrected chi connectivity index (χ2v) is 9.49. The molecule has 0 amide bonds. The summed E-state index contributed by atoms with van der Waals surface area (Å²) in [7, 11) is 0. The maximum atomic E-state index is 11.1. The van der Waals surface area contributed by atoms with E-state index in [-0.39, 0.29) is 35.1 Å². The molecule has 3 aromatic carbocycles. The smallest absolute Gasteiger partial charge is 0.545 e. The van der Waals surface area contributed by atoms with E-state index in [0.29, 0.717) is 25.5 Å². The molecule has 2 heterocycles. The number of thiophene rings is 1. The number of carbonyl (C=O) groups excluding carboxylic acids is 1. The van der Waals surface area contributed by atoms with E-state index in [0.717, 1.165) is 28.3 Å². The molecule has 0 fully saturated rings. The maximum absolute atomic E-state index is 11.1. The summed E-state index contributed by atoms with van der Waals surface area (Å²) in [5.41, 5.74) is 3.14. The van der Waals surface area contributed by atoms with E-state index in [9.17, 15) is 9.90 Å². The molecule has 0 radical (unpaired) electrons. The standard InChI is InChI=1S/C30H25N3O3S.Na/c34-30(35)25-10-8-22(9-11-25)19-33(20-27-7-4-18-37-27)28-16-17-31-29(32-28)24-12-14-26(15-13-24)36-21-23-5-2-1-3-6-23;/h1-18H,19-21H2,(H,34,35);/q;+1/p-1. The van der Waals surface area contributed by atoms with Crippen LogP contribution in [0.5, 0.6) is 5.75 Å². The van der Waals surface area contributed by atoms with Crippen molar-refractivity contribution in [3.8, 4) is 17.1 Å². The molecule has 0 N–H and O–H groups in total. The molecule has 2 aromatic heterocycles. The monoisotopic (exact) mass is 529 g/mol. The molecule has 0 aliphatic carbocycles. The summed E-state index contributed by atoms with van der Waals surface area (Å²) in [5, 5.41) is 13.2. The summed E-state index contributed by atoms with van der Waals surface area (Å²) >= 11 is 1.68. The number of carbonyl (C=O) groups is 1. The van der Waals surface area contributed by atoms with Crippen molar-refractivity contribution >= 4 is 23.1 Å². The first-order valence-corrected chi connectivity index (χ1v) is 12.7. The zero-order valence-corrected chi connectivity index (χ0v) is 23.8. The summed E-state index contributed by atoms with van der Waals surface area (Å²) < 4.78 is 5.90. The number of carboxylic acid groups (broad SMARTS) is 1. The molecule has 0 spiro atoms. The van der Waals surface area contributed by atoms with Crippen molar-refractivity contribution in [3.63, 3.8) is 0 Å². The van der Waals surface area contributed by atoms with E-state index < -0.39 is 5.97 Å². The zero-order chi connectivity index (χ0) is 25.5. The minimum atomic E-state index is -1.18. The fourth-order valence-electron chi connectivity index (χ4n) is 3.88. The molecule has 0 aliphatic rings. The number of aromatic carboxylic acids is 1. The number of ether oxygens (including phenoxy) is 1. The van der Waals surface area contributed by atoms with Crippen molar-refractivity contribution < 1.29 is 44.2 Å². The van der Waals surface area contributed by atoms with Crippen LogP contribution in [0.1, 0.15) is 26.4 Å². The van der Waals surface area contributed by atoms with Crippen molar-refractivity contribution in [2.45, 2.75) is 19.7 Å². The van der Waals surface area contributed by atoms with Gasteiger partial charge in [-0.25, -0.2) is 9.97 Å². The molecule has 38 heavy (non-hydrogen) atoms. The van der Waals surface area contributed by atoms with Crippen LogP contribution in [0.4, 0.5) is 5.82 Å². The van der Waals surface area contributed by atoms with E-state index in [1.165, 1.54) is 4.88 Å². The molecule has 0 unspecified atom stereocenters. The average molecular weight is 530 g/mol. The Morgan fingerprint density at radius 1 is 0.842 bits per heavy atom. The van der Waals surface area contributed by atoms with Gasteiger partial charge in [-0.15, -0.1) is 11.3 Å². The molecule has 184 valence electrons. The van der Waals surface area contributed by atoms with Crippen LogP contribution in [0.25, 0.3) is 11.4 Å². The quantitative estimate of drug-likeness (QED) is 0.259. The molecule has 0 bridgehead atoms. The largest absolute Gasteiger partial charge is 1.00 e. The normalized spacial score (nSPS) is 10.4. The topological polar surface area (TPSA) is 78.4 Å². The Bertz CT molecular complexity index is 1440. The predicted molar refractivity (Wildman–Crippen MR) is 143 cm³/mol. The first-order valence-electron chi connectivity index (χ1n) is 11.8. The molecule has 0 saturated carbocycles. The van der Waals surface area contributed by atoms with Gasteiger partial charge in [0.1, 0.15) is 18.2 Å². The van der Waals surface area contributed by atoms with Gasteiger partial charge in [-0.3, -0.25) is 0 Å². The Labute approximate surface area is 247 Å². The Kier molecular flexibility index (Phi) is 9.67. The minimum absolute atomic E-state index is 0. The number of hydrogen-bond donors (Lipinski definition) is 0. The molecule has 0 aliphatic heterocycles. The van der Waals surface area contributed by atoms with Crippen LogP contribution in [0.15, 0.2) is 109 Å². The summed E-state index contributed by atoms with van der Waals surface area (Å²) in [6.07, 6.45) is 1.76. The average Bonchev–Trinajstić information content (AvgIpc) is 3.46. The number of benzene rings is 3. The van der Waals surface area contributed by atoms with Crippen molar-refractivity contribution in [3.05, 3.63) is 130 Å². The number of nitrogens with zero attached hydrogens (tertiary/aromatic N) is 3. The second kappa shape index (κ2) is 13.3. The van der Waals surface area contributed by atoms with Crippen LogP contribution in [0, 0.1) is 0 Å². The van der Waals surface area contributed by atoms with Crippen LogP contribution >= 0.6 is 11.3 Å². The van der Waals surface area contributed by atoms with Crippen LogP contribution in [0.2, 0.25) is 0 Å². The van der Waals surface area contributed by atoms with Crippen molar-refractivity contribution in [1.82, 2.24) is 9.97 Å². The predicted octanol–water partition coefficient (Wildman–Crippen LogP) is 2.36. The number of carboxylic acids is 1. The Morgan fingerprint density at radius 3 is 2.29 bits per heavy atom. The second-order valence-electron chi connectivity index (χ2n) is 8.46. The van der Waals surface area contributed by atoms with E-state index >= 15 is 0 Å². The first kappa shape index (κ1) is 27.5. The third kappa shape index (κ3) is 7.30. The van der Waals surface area contributed by atoms with Crippen molar-refractivity contribution in [2.24, 2.45) is 0 Å². The summed E-state index contributed by atoms with van der Waals surface area (Å²) in [6, 6.07) is 30.6. The van der Waals surface area contributed by atoms with Gasteiger partial charge < -0.3 is 19.5 Å². The molecule has 5 aromatic rings. The van der Waals surface area contributed by atoms with E-state index in [1.807, 2.05) is 78.9 Å². The molecule has 8 heteroatoms. The molecule has 0 atom stereocenters. The Balaban J connectivity index is 0.00000336. The van der Waals surface area contributed by atoms with E-state index in [1.54, 1.807) is 29.7 Å². The Morgan fingerprint density at radius 2 is 1.61 bits per heavy atom. The van der Waals surface area contributed by atoms with Gasteiger partial charge in [0.05, 0.1) is 12.5 Å². The van der Waals surface area contributed by atoms with Crippen LogP contribution in [-0.4, -0.2) is 15.9 Å². The molecule has 5 rings (SSSR count). The van der Waals surface area contributed by atoms with Gasteiger partial charge in [-0.05, 0) is 58.5 Å². The number of hydrogen-bond acceptors (Lipinski definition) is 7. The van der Waals surface area contributed by atoms with Gasteiger partial charge in [0.25, 0.3) is 0 Å². The molecular weight excluding hydrogens is 505 g/mol. The number of aromatic nitrogens is 2. The van der Waals surface area contributed by atoms with Gasteiger partial charge in [0.2, 0.25) is 0 Å². The fourth-order valence-corrected chi connectivity index (χ4v) is 4.60. The minimum Gasteiger partial charge on any atom is -0.545 e.